The molecule has 0 fully saturated rings. The first-order chi connectivity index (χ1) is 11.5. The number of aliphatic hydroxyl groups is 2. The average molecular weight is 336 g/mol. The van der Waals surface area contributed by atoms with Crippen LogP contribution in [0.2, 0.25) is 0 Å². The van der Waals surface area contributed by atoms with Gasteiger partial charge in [0.15, 0.2) is 6.10 Å². The van der Waals surface area contributed by atoms with E-state index in [-0.39, 0.29) is 31.8 Å². The van der Waals surface area contributed by atoms with Gasteiger partial charge in [0.2, 0.25) is 0 Å². The van der Waals surface area contributed by atoms with E-state index in [1.807, 2.05) is 0 Å². The number of hydrogen-bond acceptors (Lipinski definition) is 6. The van der Waals surface area contributed by atoms with Gasteiger partial charge in [0.05, 0.1) is 19.3 Å². The molecule has 1 aromatic carbocycles. The summed E-state index contributed by atoms with van der Waals surface area (Å²) in [5.41, 5.74) is 4.12. The quantitative estimate of drug-likeness (QED) is 0.470. The van der Waals surface area contributed by atoms with Gasteiger partial charge >= 0.3 is 5.97 Å². The van der Waals surface area contributed by atoms with Gasteiger partial charge in [0, 0.05) is 25.5 Å². The minimum absolute atomic E-state index is 0.0470. The van der Waals surface area contributed by atoms with Gasteiger partial charge in [-0.1, -0.05) is 12.1 Å². The predicted molar refractivity (Wildman–Crippen MR) is 88.4 cm³/mol. The van der Waals surface area contributed by atoms with Crippen molar-refractivity contribution in [3.8, 4) is 5.75 Å². The molecular formula is C18H24O6. The van der Waals surface area contributed by atoms with Crippen LogP contribution >= 0.6 is 0 Å². The number of ether oxygens (including phenoxy) is 2. The molecule has 3 N–H and O–H groups in total. The molecule has 0 amide bonds. The van der Waals surface area contributed by atoms with E-state index in [4.69, 9.17) is 9.47 Å². The second-order valence-corrected chi connectivity index (χ2v) is 5.20. The highest BCUT2D eigenvalue weighted by Gasteiger charge is 2.17. The van der Waals surface area contributed by atoms with E-state index in [0.717, 1.165) is 0 Å². The summed E-state index contributed by atoms with van der Waals surface area (Å²) in [5.74, 6) is -0.601. The van der Waals surface area contributed by atoms with Crippen LogP contribution in [0.1, 0.15) is 31.4 Å². The Morgan fingerprint density at radius 1 is 1.38 bits per heavy atom. The summed E-state index contributed by atoms with van der Waals surface area (Å²) in [6.45, 7) is 2.07. The molecule has 0 saturated heterocycles. The zero-order valence-electron chi connectivity index (χ0n) is 13.9. The summed E-state index contributed by atoms with van der Waals surface area (Å²) in [5, 5.41) is 29.3. The molecule has 6 nitrogen and oxygen atoms in total. The molecule has 0 bridgehead atoms. The van der Waals surface area contributed by atoms with E-state index >= 15 is 0 Å². The highest BCUT2D eigenvalue weighted by atomic mass is 16.5. The standard InChI is InChI=1S/C18H24O6/c1-3-24-18(22)17(21)10-13(12-23-2)6-4-9-16(20)14-7-5-8-15(19)11-14/h4-5,7-8,11,16-17,19-21H,3,9-10,12H2,1-2H3/t6?,16-,17-/m1/s1. The van der Waals surface area contributed by atoms with Gasteiger partial charge in [-0.15, -0.1) is 5.73 Å². The van der Waals surface area contributed by atoms with Crippen molar-refractivity contribution < 1.29 is 29.6 Å². The molecular weight excluding hydrogens is 312 g/mol. The fraction of sp³-hybridized carbons (Fsp3) is 0.444. The highest BCUT2D eigenvalue weighted by molar-refractivity contribution is 5.74. The molecule has 0 saturated carbocycles. The van der Waals surface area contributed by atoms with Crippen molar-refractivity contribution in [2.75, 3.05) is 20.3 Å². The van der Waals surface area contributed by atoms with Crippen molar-refractivity contribution in [1.82, 2.24) is 0 Å². The Morgan fingerprint density at radius 3 is 2.75 bits per heavy atom. The lowest BCUT2D eigenvalue weighted by Gasteiger charge is -2.11. The summed E-state index contributed by atoms with van der Waals surface area (Å²) in [6.07, 6.45) is -0.131. The van der Waals surface area contributed by atoms with E-state index < -0.39 is 18.2 Å². The monoisotopic (exact) mass is 336 g/mol. The Morgan fingerprint density at radius 2 is 2.12 bits per heavy atom. The smallest absolute Gasteiger partial charge is 0.335 e. The number of phenolic OH excluding ortho intramolecular Hbond substituents is 1. The number of aromatic hydroxyl groups is 1. The molecule has 6 heteroatoms. The highest BCUT2D eigenvalue weighted by Crippen LogP contribution is 2.21. The van der Waals surface area contributed by atoms with E-state index in [0.29, 0.717) is 11.1 Å². The minimum Gasteiger partial charge on any atom is -0.508 e. The summed E-state index contributed by atoms with van der Waals surface area (Å²) in [4.78, 5) is 11.5. The van der Waals surface area contributed by atoms with Gasteiger partial charge in [-0.25, -0.2) is 4.79 Å². The van der Waals surface area contributed by atoms with Crippen LogP contribution in [0.3, 0.4) is 0 Å². The van der Waals surface area contributed by atoms with Gasteiger partial charge in [-0.3, -0.25) is 0 Å². The van der Waals surface area contributed by atoms with Crippen LogP contribution in [0.5, 0.6) is 5.75 Å². The molecule has 2 atom stereocenters. The van der Waals surface area contributed by atoms with E-state index in [1.165, 1.54) is 19.2 Å². The number of benzene rings is 1. The van der Waals surface area contributed by atoms with Crippen molar-refractivity contribution in [3.05, 3.63) is 47.2 Å². The first kappa shape index (κ1) is 19.9. The number of rotatable bonds is 9. The van der Waals surface area contributed by atoms with Gasteiger partial charge < -0.3 is 24.8 Å². The third-order valence-electron chi connectivity index (χ3n) is 3.22. The van der Waals surface area contributed by atoms with E-state index in [9.17, 15) is 20.1 Å². The second-order valence-electron chi connectivity index (χ2n) is 5.20. The third-order valence-corrected chi connectivity index (χ3v) is 3.22. The minimum atomic E-state index is -1.27. The molecule has 132 valence electrons. The van der Waals surface area contributed by atoms with E-state index in [2.05, 4.69) is 5.73 Å². The number of hydrogen-bond donors (Lipinski definition) is 3. The number of carbonyl (C=O) groups excluding carboxylic acids is 1. The zero-order valence-corrected chi connectivity index (χ0v) is 13.9. The predicted octanol–water partition coefficient (Wildman–Crippen LogP) is 1.86. The van der Waals surface area contributed by atoms with Crippen LogP contribution in [0, 0.1) is 0 Å². The lowest BCUT2D eigenvalue weighted by atomic mass is 10.1. The normalized spacial score (nSPS) is 12.8. The van der Waals surface area contributed by atoms with E-state index in [1.54, 1.807) is 25.1 Å². The van der Waals surface area contributed by atoms with Crippen molar-refractivity contribution in [1.29, 1.82) is 0 Å². The maximum Gasteiger partial charge on any atom is 0.335 e. The van der Waals surface area contributed by atoms with Crippen molar-refractivity contribution in [3.63, 3.8) is 0 Å². The van der Waals surface area contributed by atoms with Crippen LogP contribution in [-0.4, -0.2) is 47.7 Å². The van der Waals surface area contributed by atoms with Gasteiger partial charge in [0.25, 0.3) is 0 Å². The topological polar surface area (TPSA) is 96.2 Å². The molecule has 1 aromatic rings. The SMILES string of the molecule is CCOC(=O)[C@H](O)CC(=C=CC[C@@H](O)c1cccc(O)c1)COC. The number of methoxy groups -OCH3 is 1. The van der Waals surface area contributed by atoms with Crippen molar-refractivity contribution in [2.24, 2.45) is 0 Å². The first-order valence-corrected chi connectivity index (χ1v) is 7.71. The molecule has 0 spiro atoms. The Kier molecular flexibility index (Phi) is 8.83. The Hall–Kier alpha value is -2.11. The number of carbonyl (C=O) groups is 1. The molecule has 1 rings (SSSR count). The fourth-order valence-electron chi connectivity index (χ4n) is 2.07. The Labute approximate surface area is 141 Å². The maximum atomic E-state index is 11.5. The van der Waals surface area contributed by atoms with Crippen LogP contribution in [0.15, 0.2) is 41.6 Å². The molecule has 0 heterocycles. The van der Waals surface area contributed by atoms with Crippen LogP contribution in [-0.2, 0) is 14.3 Å². The largest absolute Gasteiger partial charge is 0.508 e. The number of phenols is 1. The molecule has 0 aromatic heterocycles. The van der Waals surface area contributed by atoms with Crippen LogP contribution in [0.25, 0.3) is 0 Å². The molecule has 0 unspecified atom stereocenters. The Bertz CT molecular complexity index is 589. The summed E-state index contributed by atoms with van der Waals surface area (Å²) < 4.78 is 9.77. The number of esters is 1. The Balaban J connectivity index is 2.72. The fourth-order valence-corrected chi connectivity index (χ4v) is 2.07. The lowest BCUT2D eigenvalue weighted by Crippen LogP contribution is -2.24. The molecule has 0 aliphatic rings. The molecule has 0 aliphatic carbocycles. The van der Waals surface area contributed by atoms with Crippen molar-refractivity contribution >= 4 is 5.97 Å². The number of aliphatic hydroxyl groups excluding tert-OH is 2. The summed E-state index contributed by atoms with van der Waals surface area (Å²) in [7, 11) is 1.50. The lowest BCUT2D eigenvalue weighted by molar-refractivity contribution is -0.152. The third kappa shape index (κ3) is 6.98. The second kappa shape index (κ2) is 10.6. The zero-order chi connectivity index (χ0) is 17.9. The summed E-state index contributed by atoms with van der Waals surface area (Å²) >= 11 is 0. The summed E-state index contributed by atoms with van der Waals surface area (Å²) in [6, 6.07) is 6.38. The average Bonchev–Trinajstić information content (AvgIpc) is 2.55. The maximum absolute atomic E-state index is 11.5. The van der Waals surface area contributed by atoms with Crippen LogP contribution < -0.4 is 0 Å². The molecule has 0 radical (unpaired) electrons. The van der Waals surface area contributed by atoms with Gasteiger partial charge in [-0.2, -0.15) is 0 Å². The van der Waals surface area contributed by atoms with Gasteiger partial charge in [-0.05, 0) is 30.7 Å². The molecule has 0 aliphatic heterocycles. The van der Waals surface area contributed by atoms with Gasteiger partial charge in [0.1, 0.15) is 5.75 Å². The van der Waals surface area contributed by atoms with Crippen molar-refractivity contribution in [2.45, 2.75) is 32.0 Å². The van der Waals surface area contributed by atoms with Crippen LogP contribution in [0.4, 0.5) is 0 Å². The molecule has 24 heavy (non-hydrogen) atoms. The first-order valence-electron chi connectivity index (χ1n) is 7.71.